The standard InChI is InChI=1S/C18H22F2N2O3/c1-11-4-5-15-14(12(11)2)8-13(21-15)9-22-7-3-6-17(25,10-22)18(19,20)16(23)24/h4-5,8,21,25H,3,6-7,9-10H2,1-2H3,(H,23,24). The summed E-state index contributed by atoms with van der Waals surface area (Å²) in [5.74, 6) is -6.45. The van der Waals surface area contributed by atoms with Crippen molar-refractivity contribution in [3.8, 4) is 0 Å². The van der Waals surface area contributed by atoms with Crippen LogP contribution in [0.1, 0.15) is 29.7 Å². The molecule has 5 nitrogen and oxygen atoms in total. The number of fused-ring (bicyclic) bond motifs is 1. The van der Waals surface area contributed by atoms with Crippen molar-refractivity contribution in [3.05, 3.63) is 35.0 Å². The molecule has 3 rings (SSSR count). The molecule has 1 aromatic carbocycles. The molecule has 1 aromatic heterocycles. The highest BCUT2D eigenvalue weighted by molar-refractivity contribution is 5.84. The number of nitrogens with one attached hydrogen (secondary N) is 1. The van der Waals surface area contributed by atoms with E-state index in [-0.39, 0.29) is 13.0 Å². The Kier molecular flexibility index (Phi) is 4.33. The van der Waals surface area contributed by atoms with E-state index in [9.17, 15) is 18.7 Å². The summed E-state index contributed by atoms with van der Waals surface area (Å²) >= 11 is 0. The Hall–Kier alpha value is -1.99. The van der Waals surface area contributed by atoms with E-state index in [1.807, 2.05) is 32.0 Å². The lowest BCUT2D eigenvalue weighted by molar-refractivity contribution is -0.220. The molecule has 1 aliphatic rings. The minimum atomic E-state index is -4.17. The molecule has 0 spiro atoms. The second kappa shape index (κ2) is 6.07. The van der Waals surface area contributed by atoms with Crippen molar-refractivity contribution in [1.82, 2.24) is 9.88 Å². The summed E-state index contributed by atoms with van der Waals surface area (Å²) in [5, 5.41) is 20.1. The van der Waals surface area contributed by atoms with Gasteiger partial charge in [0.1, 0.15) is 0 Å². The molecule has 25 heavy (non-hydrogen) atoms. The highest BCUT2D eigenvalue weighted by atomic mass is 19.3. The number of hydrogen-bond donors (Lipinski definition) is 3. The highest BCUT2D eigenvalue weighted by Gasteiger charge is 2.59. The monoisotopic (exact) mass is 352 g/mol. The van der Waals surface area contributed by atoms with Gasteiger partial charge in [0.05, 0.1) is 0 Å². The quantitative estimate of drug-likeness (QED) is 0.791. The third-order valence-corrected chi connectivity index (χ3v) is 5.20. The summed E-state index contributed by atoms with van der Waals surface area (Å²) in [6.45, 7) is 4.57. The lowest BCUT2D eigenvalue weighted by Crippen LogP contribution is -2.61. The molecule has 136 valence electrons. The molecule has 3 N–H and O–H groups in total. The minimum absolute atomic E-state index is 0.228. The van der Waals surface area contributed by atoms with Crippen LogP contribution in [0.5, 0.6) is 0 Å². The number of aromatic nitrogens is 1. The summed E-state index contributed by atoms with van der Waals surface area (Å²) in [5.41, 5.74) is 1.61. The van der Waals surface area contributed by atoms with E-state index in [1.165, 1.54) is 5.56 Å². The zero-order valence-electron chi connectivity index (χ0n) is 14.3. The molecule has 0 saturated carbocycles. The van der Waals surface area contributed by atoms with Gasteiger partial charge in [-0.3, -0.25) is 4.90 Å². The van der Waals surface area contributed by atoms with Crippen LogP contribution >= 0.6 is 0 Å². The molecule has 1 fully saturated rings. The van der Waals surface area contributed by atoms with Crippen LogP contribution in [-0.2, 0) is 11.3 Å². The second-order valence-corrected chi connectivity index (χ2v) is 6.99. The van der Waals surface area contributed by atoms with Crippen molar-refractivity contribution in [2.45, 2.75) is 44.8 Å². The number of alkyl halides is 2. The molecule has 1 aliphatic heterocycles. The molecule has 1 atom stereocenters. The summed E-state index contributed by atoms with van der Waals surface area (Å²) in [6.07, 6.45) is 0.0888. The number of nitrogens with zero attached hydrogens (tertiary/aromatic N) is 1. The zero-order chi connectivity index (χ0) is 18.4. The maximum absolute atomic E-state index is 13.9. The maximum atomic E-state index is 13.9. The summed E-state index contributed by atoms with van der Waals surface area (Å²) in [4.78, 5) is 15.8. The number of halogens is 2. The van der Waals surface area contributed by atoms with Gasteiger partial charge in [-0.1, -0.05) is 6.07 Å². The smallest absolute Gasteiger partial charge is 0.377 e. The first-order valence-electron chi connectivity index (χ1n) is 8.28. The van der Waals surface area contributed by atoms with Gasteiger partial charge in [0.15, 0.2) is 5.60 Å². The number of H-pyrrole nitrogens is 1. The number of carbonyl (C=O) groups is 1. The number of rotatable bonds is 4. The SMILES string of the molecule is Cc1ccc2[nH]c(CN3CCCC(O)(C(F)(F)C(=O)O)C3)cc2c1C. The summed E-state index contributed by atoms with van der Waals surface area (Å²) < 4.78 is 27.8. The fraction of sp³-hybridized carbons (Fsp3) is 0.500. The second-order valence-electron chi connectivity index (χ2n) is 6.99. The number of aliphatic hydroxyl groups is 1. The Morgan fingerprint density at radius 3 is 2.80 bits per heavy atom. The molecule has 0 aliphatic carbocycles. The van der Waals surface area contributed by atoms with E-state index < -0.39 is 17.5 Å². The van der Waals surface area contributed by atoms with Gasteiger partial charge >= 0.3 is 11.9 Å². The summed E-state index contributed by atoms with van der Waals surface area (Å²) in [6, 6.07) is 5.98. The number of piperidine rings is 1. The Balaban J connectivity index is 1.81. The molecule has 1 unspecified atom stereocenters. The maximum Gasteiger partial charge on any atom is 0.377 e. The average Bonchev–Trinajstić information content (AvgIpc) is 2.94. The van der Waals surface area contributed by atoms with Crippen molar-refractivity contribution in [2.75, 3.05) is 13.1 Å². The van der Waals surface area contributed by atoms with Gasteiger partial charge in [-0.25, -0.2) is 4.79 Å². The van der Waals surface area contributed by atoms with Crippen LogP contribution in [-0.4, -0.2) is 50.7 Å². The molecule has 0 amide bonds. The average molecular weight is 352 g/mol. The van der Waals surface area contributed by atoms with Crippen molar-refractivity contribution in [2.24, 2.45) is 0 Å². The first-order valence-corrected chi connectivity index (χ1v) is 8.28. The minimum Gasteiger partial charge on any atom is -0.477 e. The van der Waals surface area contributed by atoms with Gasteiger partial charge < -0.3 is 15.2 Å². The fourth-order valence-corrected chi connectivity index (χ4v) is 3.56. The van der Waals surface area contributed by atoms with Gasteiger partial charge in [-0.2, -0.15) is 8.78 Å². The normalized spacial score (nSPS) is 22.4. The van der Waals surface area contributed by atoms with E-state index in [1.54, 1.807) is 4.90 Å². The van der Waals surface area contributed by atoms with Crippen LogP contribution in [0.3, 0.4) is 0 Å². The summed E-state index contributed by atoms with van der Waals surface area (Å²) in [7, 11) is 0. The Morgan fingerprint density at radius 1 is 1.40 bits per heavy atom. The number of likely N-dealkylation sites (tertiary alicyclic amines) is 1. The number of carboxylic acids is 1. The van der Waals surface area contributed by atoms with Crippen LogP contribution < -0.4 is 0 Å². The van der Waals surface area contributed by atoms with E-state index >= 15 is 0 Å². The number of aliphatic carboxylic acids is 1. The number of β-amino-alcohol motifs (C(OH)–C–C–N with tert-alkyl or cyclic N) is 1. The van der Waals surface area contributed by atoms with E-state index in [0.717, 1.165) is 22.2 Å². The molecular weight excluding hydrogens is 330 g/mol. The van der Waals surface area contributed by atoms with Crippen LogP contribution in [0.4, 0.5) is 8.78 Å². The lowest BCUT2D eigenvalue weighted by Gasteiger charge is -2.41. The van der Waals surface area contributed by atoms with Crippen LogP contribution in [0.25, 0.3) is 10.9 Å². The predicted molar refractivity (Wildman–Crippen MR) is 89.8 cm³/mol. The third-order valence-electron chi connectivity index (χ3n) is 5.20. The Morgan fingerprint density at radius 2 is 2.12 bits per heavy atom. The molecule has 2 heterocycles. The molecule has 0 radical (unpaired) electrons. The number of aromatic amines is 1. The van der Waals surface area contributed by atoms with Gasteiger partial charge in [-0.15, -0.1) is 0 Å². The van der Waals surface area contributed by atoms with Crippen LogP contribution in [0.15, 0.2) is 18.2 Å². The van der Waals surface area contributed by atoms with Gasteiger partial charge in [0.25, 0.3) is 0 Å². The van der Waals surface area contributed by atoms with Crippen molar-refractivity contribution < 1.29 is 23.8 Å². The van der Waals surface area contributed by atoms with E-state index in [4.69, 9.17) is 5.11 Å². The number of benzene rings is 1. The molecule has 2 aromatic rings. The Labute approximate surface area is 144 Å². The molecule has 7 heteroatoms. The van der Waals surface area contributed by atoms with Crippen LogP contribution in [0, 0.1) is 13.8 Å². The zero-order valence-corrected chi connectivity index (χ0v) is 14.3. The highest BCUT2D eigenvalue weighted by Crippen LogP contribution is 2.37. The van der Waals surface area contributed by atoms with Crippen molar-refractivity contribution >= 4 is 16.9 Å². The number of hydrogen-bond acceptors (Lipinski definition) is 3. The molecule has 0 bridgehead atoms. The van der Waals surface area contributed by atoms with Gasteiger partial charge in [0.2, 0.25) is 0 Å². The number of carboxylic acid groups (broad SMARTS) is 1. The first kappa shape index (κ1) is 17.8. The van der Waals surface area contributed by atoms with Crippen LogP contribution in [0.2, 0.25) is 0 Å². The van der Waals surface area contributed by atoms with E-state index in [2.05, 4.69) is 4.98 Å². The largest absolute Gasteiger partial charge is 0.477 e. The fourth-order valence-electron chi connectivity index (χ4n) is 3.56. The Bertz CT molecular complexity index is 818. The first-order chi connectivity index (χ1) is 11.6. The van der Waals surface area contributed by atoms with Crippen molar-refractivity contribution in [3.63, 3.8) is 0 Å². The van der Waals surface area contributed by atoms with Gasteiger partial charge in [-0.05, 0) is 56.5 Å². The lowest BCUT2D eigenvalue weighted by atomic mass is 9.86. The van der Waals surface area contributed by atoms with Gasteiger partial charge in [0, 0.05) is 29.7 Å². The topological polar surface area (TPSA) is 76.6 Å². The molecular formula is C18H22F2N2O3. The van der Waals surface area contributed by atoms with Crippen molar-refractivity contribution in [1.29, 1.82) is 0 Å². The third kappa shape index (κ3) is 3.02. The molecule has 1 saturated heterocycles. The predicted octanol–water partition coefficient (Wildman–Crippen LogP) is 2.83. The number of aryl methyl sites for hydroxylation is 2. The van der Waals surface area contributed by atoms with E-state index in [0.29, 0.717) is 19.5 Å².